The average Bonchev–Trinajstić information content (AvgIpc) is 2.77. The maximum Gasteiger partial charge on any atom is 0.191 e. The third kappa shape index (κ3) is 2.98. The lowest BCUT2D eigenvalue weighted by Crippen LogP contribution is -2.44. The molecule has 0 saturated carbocycles. The van der Waals surface area contributed by atoms with Crippen LogP contribution in [0.1, 0.15) is 18.3 Å². The van der Waals surface area contributed by atoms with Crippen LogP contribution in [0.4, 0.5) is 0 Å². The van der Waals surface area contributed by atoms with E-state index in [9.17, 15) is 0 Å². The molecule has 1 fully saturated rings. The number of nitrogens with zero attached hydrogens (tertiary/aromatic N) is 5. The molecule has 2 heterocycles. The number of aryl methyl sites for hydroxylation is 2. The van der Waals surface area contributed by atoms with Gasteiger partial charge in [0, 0.05) is 13.1 Å². The summed E-state index contributed by atoms with van der Waals surface area (Å²) in [6.07, 6.45) is 0. The minimum absolute atomic E-state index is 0.481. The Kier molecular flexibility index (Phi) is 4.14. The highest BCUT2D eigenvalue weighted by molar-refractivity contribution is 5.78. The van der Waals surface area contributed by atoms with Gasteiger partial charge in [0.25, 0.3) is 0 Å². The topological polar surface area (TPSA) is 81.6 Å². The molecule has 1 saturated heterocycles. The molecule has 2 rings (SSSR count). The lowest BCUT2D eigenvalue weighted by atomic mass is 10.3. The van der Waals surface area contributed by atoms with E-state index >= 15 is 0 Å². The van der Waals surface area contributed by atoms with Crippen molar-refractivity contribution in [3.05, 3.63) is 11.4 Å². The SMILES string of the molecule is CCn1nc(C)c(CN=C(N)N2CCOCC2)n1. The number of aromatic nitrogens is 3. The smallest absolute Gasteiger partial charge is 0.191 e. The second kappa shape index (κ2) is 5.81. The molecule has 0 spiro atoms. The van der Waals surface area contributed by atoms with Crippen LogP contribution in [0.15, 0.2) is 4.99 Å². The summed E-state index contributed by atoms with van der Waals surface area (Å²) in [4.78, 5) is 8.08. The van der Waals surface area contributed by atoms with Gasteiger partial charge in [0.2, 0.25) is 0 Å². The van der Waals surface area contributed by atoms with Gasteiger partial charge in [-0.2, -0.15) is 15.0 Å². The Labute approximate surface area is 107 Å². The molecule has 7 nitrogen and oxygen atoms in total. The third-order valence-electron chi connectivity index (χ3n) is 2.93. The molecule has 0 unspecified atom stereocenters. The van der Waals surface area contributed by atoms with Gasteiger partial charge in [-0.05, 0) is 13.8 Å². The van der Waals surface area contributed by atoms with E-state index in [1.165, 1.54) is 0 Å². The highest BCUT2D eigenvalue weighted by atomic mass is 16.5. The van der Waals surface area contributed by atoms with Crippen molar-refractivity contribution in [3.63, 3.8) is 0 Å². The lowest BCUT2D eigenvalue weighted by molar-refractivity contribution is 0.0674. The molecule has 1 aromatic heterocycles. The second-order valence-electron chi connectivity index (χ2n) is 4.19. The highest BCUT2D eigenvalue weighted by Crippen LogP contribution is 2.04. The molecule has 1 aromatic rings. The van der Waals surface area contributed by atoms with Crippen LogP contribution in [-0.2, 0) is 17.8 Å². The predicted octanol–water partition coefficient (Wildman–Crippen LogP) is -0.247. The number of rotatable bonds is 3. The van der Waals surface area contributed by atoms with Crippen molar-refractivity contribution >= 4 is 5.96 Å². The zero-order chi connectivity index (χ0) is 13.0. The van der Waals surface area contributed by atoms with Crippen LogP contribution in [0.5, 0.6) is 0 Å². The molecule has 0 radical (unpaired) electrons. The summed E-state index contributed by atoms with van der Waals surface area (Å²) >= 11 is 0. The van der Waals surface area contributed by atoms with E-state index in [-0.39, 0.29) is 0 Å². The van der Waals surface area contributed by atoms with Crippen LogP contribution in [-0.4, -0.2) is 52.2 Å². The van der Waals surface area contributed by atoms with Crippen LogP contribution in [0, 0.1) is 6.92 Å². The molecular formula is C11H20N6O. The summed E-state index contributed by atoms with van der Waals surface area (Å²) in [5.41, 5.74) is 7.75. The maximum atomic E-state index is 5.95. The van der Waals surface area contributed by atoms with Crippen molar-refractivity contribution in [2.75, 3.05) is 26.3 Å². The summed E-state index contributed by atoms with van der Waals surface area (Å²) < 4.78 is 5.27. The van der Waals surface area contributed by atoms with E-state index in [2.05, 4.69) is 15.2 Å². The van der Waals surface area contributed by atoms with Crippen LogP contribution < -0.4 is 5.73 Å². The highest BCUT2D eigenvalue weighted by Gasteiger charge is 2.12. The Hall–Kier alpha value is -1.63. The normalized spacial score (nSPS) is 17.2. The monoisotopic (exact) mass is 252 g/mol. The first kappa shape index (κ1) is 12.8. The average molecular weight is 252 g/mol. The van der Waals surface area contributed by atoms with E-state index in [0.717, 1.165) is 31.0 Å². The van der Waals surface area contributed by atoms with Gasteiger partial charge in [-0.1, -0.05) is 0 Å². The molecule has 100 valence electrons. The maximum absolute atomic E-state index is 5.95. The number of nitrogens with two attached hydrogens (primary N) is 1. The fourth-order valence-corrected chi connectivity index (χ4v) is 1.80. The number of ether oxygens (including phenoxy) is 1. The van der Waals surface area contributed by atoms with E-state index in [1.807, 2.05) is 18.7 Å². The van der Waals surface area contributed by atoms with Crippen molar-refractivity contribution in [2.45, 2.75) is 26.9 Å². The van der Waals surface area contributed by atoms with E-state index in [1.54, 1.807) is 4.80 Å². The van der Waals surface area contributed by atoms with Crippen LogP contribution >= 0.6 is 0 Å². The molecule has 18 heavy (non-hydrogen) atoms. The van der Waals surface area contributed by atoms with Gasteiger partial charge in [-0.15, -0.1) is 0 Å². The van der Waals surface area contributed by atoms with E-state index in [4.69, 9.17) is 10.5 Å². The molecular weight excluding hydrogens is 232 g/mol. The Balaban J connectivity index is 1.97. The zero-order valence-corrected chi connectivity index (χ0v) is 11.0. The third-order valence-corrected chi connectivity index (χ3v) is 2.93. The van der Waals surface area contributed by atoms with E-state index < -0.39 is 0 Å². The molecule has 0 bridgehead atoms. The molecule has 0 aliphatic carbocycles. The largest absolute Gasteiger partial charge is 0.378 e. The van der Waals surface area contributed by atoms with Crippen LogP contribution in [0.3, 0.4) is 0 Å². The molecule has 1 aliphatic heterocycles. The van der Waals surface area contributed by atoms with Crippen LogP contribution in [0.25, 0.3) is 0 Å². The quantitative estimate of drug-likeness (QED) is 0.593. The molecule has 2 N–H and O–H groups in total. The summed E-state index contributed by atoms with van der Waals surface area (Å²) in [6.45, 7) is 8.22. The minimum atomic E-state index is 0.481. The zero-order valence-electron chi connectivity index (χ0n) is 11.0. The number of aliphatic imine (C=N–C) groups is 1. The molecule has 0 atom stereocenters. The molecule has 7 heteroatoms. The Bertz CT molecular complexity index is 421. The van der Waals surface area contributed by atoms with Crippen molar-refractivity contribution in [2.24, 2.45) is 10.7 Å². The van der Waals surface area contributed by atoms with Crippen molar-refractivity contribution in [3.8, 4) is 0 Å². The Morgan fingerprint density at radius 3 is 2.72 bits per heavy atom. The first-order valence-corrected chi connectivity index (χ1v) is 6.24. The first-order valence-electron chi connectivity index (χ1n) is 6.24. The van der Waals surface area contributed by atoms with Crippen LogP contribution in [0.2, 0.25) is 0 Å². The number of hydrogen-bond acceptors (Lipinski definition) is 4. The molecule has 0 amide bonds. The number of guanidine groups is 1. The van der Waals surface area contributed by atoms with Gasteiger partial charge in [0.05, 0.1) is 32.0 Å². The lowest BCUT2D eigenvalue weighted by Gasteiger charge is -2.27. The van der Waals surface area contributed by atoms with E-state index in [0.29, 0.717) is 25.7 Å². The summed E-state index contributed by atoms with van der Waals surface area (Å²) in [7, 11) is 0. The van der Waals surface area contributed by atoms with Gasteiger partial charge < -0.3 is 15.4 Å². The molecule has 0 aromatic carbocycles. The summed E-state index contributed by atoms with van der Waals surface area (Å²) in [5, 5.41) is 8.63. The first-order chi connectivity index (χ1) is 8.70. The number of hydrogen-bond donors (Lipinski definition) is 1. The fraction of sp³-hybridized carbons (Fsp3) is 0.727. The van der Waals surface area contributed by atoms with Crippen molar-refractivity contribution in [1.29, 1.82) is 0 Å². The Morgan fingerprint density at radius 1 is 1.39 bits per heavy atom. The van der Waals surface area contributed by atoms with Gasteiger partial charge in [0.1, 0.15) is 5.69 Å². The second-order valence-corrected chi connectivity index (χ2v) is 4.19. The van der Waals surface area contributed by atoms with Gasteiger partial charge >= 0.3 is 0 Å². The molecule has 1 aliphatic rings. The predicted molar refractivity (Wildman–Crippen MR) is 68.2 cm³/mol. The summed E-state index contributed by atoms with van der Waals surface area (Å²) in [5.74, 6) is 0.559. The van der Waals surface area contributed by atoms with Crippen molar-refractivity contribution in [1.82, 2.24) is 19.9 Å². The number of morpholine rings is 1. The fourth-order valence-electron chi connectivity index (χ4n) is 1.80. The standard InChI is InChI=1S/C11H20N6O/c1-3-17-14-9(2)10(15-17)8-13-11(12)16-4-6-18-7-5-16/h3-8H2,1-2H3,(H2,12,13). The minimum Gasteiger partial charge on any atom is -0.378 e. The van der Waals surface area contributed by atoms with Gasteiger partial charge in [0.15, 0.2) is 5.96 Å². The Morgan fingerprint density at radius 2 is 2.11 bits per heavy atom. The summed E-state index contributed by atoms with van der Waals surface area (Å²) in [6, 6.07) is 0. The van der Waals surface area contributed by atoms with Gasteiger partial charge in [-0.3, -0.25) is 0 Å². The van der Waals surface area contributed by atoms with Crippen molar-refractivity contribution < 1.29 is 4.74 Å². The van der Waals surface area contributed by atoms with Gasteiger partial charge in [-0.25, -0.2) is 4.99 Å².